The van der Waals surface area contributed by atoms with Gasteiger partial charge in [-0.3, -0.25) is 4.79 Å². The highest BCUT2D eigenvalue weighted by Gasteiger charge is 2.30. The molecule has 0 unspecified atom stereocenters. The fraction of sp³-hybridized carbons (Fsp3) is 0.435. The number of hydrogen-bond acceptors (Lipinski definition) is 4. The first-order valence-electron chi connectivity index (χ1n) is 9.75. The summed E-state index contributed by atoms with van der Waals surface area (Å²) in [6, 6.07) is 12.1. The average molecular weight is 383 g/mol. The number of ether oxygens (including phenoxy) is 3. The highest BCUT2D eigenvalue weighted by atomic mass is 16.5. The van der Waals surface area contributed by atoms with Crippen LogP contribution in [0.1, 0.15) is 42.0 Å². The Morgan fingerprint density at radius 1 is 1.04 bits per heavy atom. The number of carbonyl (C=O) groups is 1. The van der Waals surface area contributed by atoms with Crippen LogP contribution in [-0.2, 0) is 4.79 Å². The molecule has 2 aromatic rings. The minimum atomic E-state index is 0.0772. The number of nitrogens with zero attached hydrogens (tertiary/aromatic N) is 1. The maximum Gasteiger partial charge on any atom is 0.226 e. The molecule has 0 aromatic heterocycles. The van der Waals surface area contributed by atoms with Crippen molar-refractivity contribution in [1.29, 1.82) is 0 Å². The largest absolute Gasteiger partial charge is 0.493 e. The lowest BCUT2D eigenvalue weighted by Crippen LogP contribution is -2.31. The van der Waals surface area contributed by atoms with Crippen molar-refractivity contribution in [3.8, 4) is 17.2 Å². The molecule has 0 aliphatic carbocycles. The highest BCUT2D eigenvalue weighted by Crippen LogP contribution is 2.37. The number of amides is 1. The second kappa shape index (κ2) is 9.00. The third-order valence-corrected chi connectivity index (χ3v) is 5.27. The van der Waals surface area contributed by atoms with E-state index in [4.69, 9.17) is 14.2 Å². The zero-order valence-corrected chi connectivity index (χ0v) is 17.2. The van der Waals surface area contributed by atoms with Crippen LogP contribution < -0.4 is 14.2 Å². The molecule has 0 spiro atoms. The minimum absolute atomic E-state index is 0.0772. The Hall–Kier alpha value is -2.69. The van der Waals surface area contributed by atoms with Crippen LogP contribution in [0.25, 0.3) is 0 Å². The van der Waals surface area contributed by atoms with E-state index in [9.17, 15) is 4.79 Å². The summed E-state index contributed by atoms with van der Waals surface area (Å²) in [5.74, 6) is 2.36. The lowest BCUT2D eigenvalue weighted by atomic mass is 10.0. The van der Waals surface area contributed by atoms with Gasteiger partial charge in [-0.2, -0.15) is 0 Å². The third-order valence-electron chi connectivity index (χ3n) is 5.27. The van der Waals surface area contributed by atoms with E-state index in [-0.39, 0.29) is 11.9 Å². The normalized spacial score (nSPS) is 16.1. The molecule has 28 heavy (non-hydrogen) atoms. The van der Waals surface area contributed by atoms with Gasteiger partial charge in [0.25, 0.3) is 0 Å². The van der Waals surface area contributed by atoms with Crippen molar-refractivity contribution in [3.63, 3.8) is 0 Å². The number of methoxy groups -OCH3 is 2. The van der Waals surface area contributed by atoms with Crippen molar-refractivity contribution in [3.05, 3.63) is 53.1 Å². The molecule has 1 atom stereocenters. The predicted octanol–water partition coefficient (Wildman–Crippen LogP) is 4.45. The van der Waals surface area contributed by atoms with Gasteiger partial charge in [-0.1, -0.05) is 23.8 Å². The van der Waals surface area contributed by atoms with Gasteiger partial charge in [0.2, 0.25) is 5.91 Å². The lowest BCUT2D eigenvalue weighted by Gasteiger charge is -2.26. The molecule has 3 rings (SSSR count). The van der Waals surface area contributed by atoms with Gasteiger partial charge in [0.15, 0.2) is 11.5 Å². The van der Waals surface area contributed by atoms with Crippen LogP contribution in [0, 0.1) is 13.8 Å². The Kier molecular flexibility index (Phi) is 6.45. The molecule has 0 bridgehead atoms. The topological polar surface area (TPSA) is 48.0 Å². The minimum Gasteiger partial charge on any atom is -0.493 e. The molecule has 1 aliphatic rings. The molecule has 2 aromatic carbocycles. The van der Waals surface area contributed by atoms with Crippen LogP contribution in [0.4, 0.5) is 0 Å². The molecule has 5 nitrogen and oxygen atoms in total. The van der Waals surface area contributed by atoms with Gasteiger partial charge in [-0.15, -0.1) is 0 Å². The van der Waals surface area contributed by atoms with Gasteiger partial charge in [-0.25, -0.2) is 0 Å². The first-order valence-corrected chi connectivity index (χ1v) is 9.75. The van der Waals surface area contributed by atoms with Crippen LogP contribution >= 0.6 is 0 Å². The first-order chi connectivity index (χ1) is 13.5. The second-order valence-electron chi connectivity index (χ2n) is 7.23. The first kappa shape index (κ1) is 20.1. The monoisotopic (exact) mass is 383 g/mol. The zero-order chi connectivity index (χ0) is 20.1. The Bertz CT molecular complexity index is 833. The fourth-order valence-electron chi connectivity index (χ4n) is 3.83. The molecule has 0 saturated carbocycles. The van der Waals surface area contributed by atoms with Gasteiger partial charge < -0.3 is 19.1 Å². The number of likely N-dealkylation sites (tertiary alicyclic amines) is 1. The van der Waals surface area contributed by atoms with Crippen LogP contribution in [0.2, 0.25) is 0 Å². The van der Waals surface area contributed by atoms with Crippen molar-refractivity contribution in [1.82, 2.24) is 4.90 Å². The molecular weight excluding hydrogens is 354 g/mol. The standard InChI is InChI=1S/C23H29NO4/c1-16-7-9-20(17(2)14-16)28-13-11-23(25)24-12-5-6-19(24)18-8-10-21(26-3)22(15-18)27-4/h7-10,14-15,19H,5-6,11-13H2,1-4H3/t19-/m1/s1. The highest BCUT2D eigenvalue weighted by molar-refractivity contribution is 5.77. The van der Waals surface area contributed by atoms with E-state index in [0.29, 0.717) is 24.5 Å². The maximum atomic E-state index is 12.8. The molecule has 1 amide bonds. The summed E-state index contributed by atoms with van der Waals surface area (Å²) >= 11 is 0. The van der Waals surface area contributed by atoms with E-state index in [0.717, 1.165) is 36.3 Å². The van der Waals surface area contributed by atoms with Gasteiger partial charge in [0, 0.05) is 6.54 Å². The lowest BCUT2D eigenvalue weighted by molar-refractivity contribution is -0.132. The van der Waals surface area contributed by atoms with Crippen molar-refractivity contribution in [2.75, 3.05) is 27.4 Å². The van der Waals surface area contributed by atoms with Crippen LogP contribution in [0.15, 0.2) is 36.4 Å². The SMILES string of the molecule is COc1ccc([C@H]2CCCN2C(=O)CCOc2ccc(C)cc2C)cc1OC. The molecule has 150 valence electrons. The Morgan fingerprint density at radius 2 is 1.79 bits per heavy atom. The van der Waals surface area contributed by atoms with Crippen molar-refractivity contribution < 1.29 is 19.0 Å². The molecule has 0 N–H and O–H groups in total. The summed E-state index contributed by atoms with van der Waals surface area (Å²) in [5, 5.41) is 0. The van der Waals surface area contributed by atoms with Gasteiger partial charge in [0.05, 0.1) is 33.3 Å². The van der Waals surface area contributed by atoms with Crippen LogP contribution in [0.5, 0.6) is 17.2 Å². The second-order valence-corrected chi connectivity index (χ2v) is 7.23. The van der Waals surface area contributed by atoms with Crippen LogP contribution in [-0.4, -0.2) is 38.2 Å². The quantitative estimate of drug-likeness (QED) is 0.709. The van der Waals surface area contributed by atoms with E-state index < -0.39 is 0 Å². The zero-order valence-electron chi connectivity index (χ0n) is 17.2. The summed E-state index contributed by atoms with van der Waals surface area (Å²) in [5.41, 5.74) is 3.38. The van der Waals surface area contributed by atoms with E-state index in [1.807, 2.05) is 42.2 Å². The molecule has 1 aliphatic heterocycles. The number of rotatable bonds is 7. The van der Waals surface area contributed by atoms with Gasteiger partial charge in [0.1, 0.15) is 5.75 Å². The van der Waals surface area contributed by atoms with Gasteiger partial charge >= 0.3 is 0 Å². The Balaban J connectivity index is 1.63. The smallest absolute Gasteiger partial charge is 0.226 e. The Morgan fingerprint density at radius 3 is 2.50 bits per heavy atom. The molecule has 1 fully saturated rings. The molecular formula is C23H29NO4. The fourth-order valence-corrected chi connectivity index (χ4v) is 3.83. The number of carbonyl (C=O) groups excluding carboxylic acids is 1. The van der Waals surface area contributed by atoms with Crippen molar-refractivity contribution >= 4 is 5.91 Å². The van der Waals surface area contributed by atoms with Crippen molar-refractivity contribution in [2.24, 2.45) is 0 Å². The number of benzene rings is 2. The summed E-state index contributed by atoms with van der Waals surface area (Å²) < 4.78 is 16.6. The summed E-state index contributed by atoms with van der Waals surface area (Å²) in [4.78, 5) is 14.8. The van der Waals surface area contributed by atoms with Crippen molar-refractivity contribution in [2.45, 2.75) is 39.2 Å². The predicted molar refractivity (Wildman–Crippen MR) is 109 cm³/mol. The summed E-state index contributed by atoms with van der Waals surface area (Å²) in [6.45, 7) is 5.25. The Labute approximate surface area is 167 Å². The molecule has 1 heterocycles. The number of hydrogen-bond donors (Lipinski definition) is 0. The maximum absolute atomic E-state index is 12.8. The average Bonchev–Trinajstić information content (AvgIpc) is 3.19. The molecule has 1 saturated heterocycles. The van der Waals surface area contributed by atoms with E-state index in [1.165, 1.54) is 5.56 Å². The summed E-state index contributed by atoms with van der Waals surface area (Å²) in [7, 11) is 3.25. The molecule has 5 heteroatoms. The van der Waals surface area contributed by atoms with E-state index in [1.54, 1.807) is 14.2 Å². The van der Waals surface area contributed by atoms with E-state index in [2.05, 4.69) is 13.0 Å². The summed E-state index contributed by atoms with van der Waals surface area (Å²) in [6.07, 6.45) is 2.33. The van der Waals surface area contributed by atoms with E-state index >= 15 is 0 Å². The van der Waals surface area contributed by atoms with Gasteiger partial charge in [-0.05, 0) is 56.0 Å². The third kappa shape index (κ3) is 4.41. The molecule has 0 radical (unpaired) electrons. The van der Waals surface area contributed by atoms with Crippen LogP contribution in [0.3, 0.4) is 0 Å². The number of aryl methyl sites for hydroxylation is 2.